The lowest BCUT2D eigenvalue weighted by Crippen LogP contribution is -2.40. The predicted octanol–water partition coefficient (Wildman–Crippen LogP) is 2.14. The zero-order chi connectivity index (χ0) is 12.6. The third kappa shape index (κ3) is 7.01. The molecule has 2 atom stereocenters. The van der Waals surface area contributed by atoms with Gasteiger partial charge in [-0.15, -0.1) is 6.58 Å². The molecule has 0 aromatic rings. The molecule has 0 spiro atoms. The zero-order valence-electron chi connectivity index (χ0n) is 10.7. The maximum Gasteiger partial charge on any atom is 0.151 e. The molecule has 0 aromatic carbocycles. The second kappa shape index (κ2) is 7.85. The molecule has 96 valence electrons. The van der Waals surface area contributed by atoms with Crippen LogP contribution in [0.4, 0.5) is 0 Å². The lowest BCUT2D eigenvalue weighted by atomic mass is 10.1. The summed E-state index contributed by atoms with van der Waals surface area (Å²) in [5.74, 6) is 0.455. The molecule has 0 heterocycles. The number of hydrogen-bond acceptors (Lipinski definition) is 3. The van der Waals surface area contributed by atoms with Gasteiger partial charge in [0, 0.05) is 17.8 Å². The van der Waals surface area contributed by atoms with Crippen LogP contribution in [0.1, 0.15) is 40.0 Å². The van der Waals surface area contributed by atoms with E-state index in [0.29, 0.717) is 6.04 Å². The van der Waals surface area contributed by atoms with Crippen LogP contribution in [0, 0.1) is 0 Å². The van der Waals surface area contributed by atoms with Crippen LogP contribution in [0.5, 0.6) is 0 Å². The molecular formula is C12H25NO2S. The number of sulfone groups is 1. The summed E-state index contributed by atoms with van der Waals surface area (Å²) in [5, 5.41) is 3.36. The van der Waals surface area contributed by atoms with E-state index in [1.807, 2.05) is 13.0 Å². The van der Waals surface area contributed by atoms with E-state index in [2.05, 4.69) is 18.8 Å². The van der Waals surface area contributed by atoms with Crippen LogP contribution in [-0.2, 0) is 9.84 Å². The van der Waals surface area contributed by atoms with Crippen molar-refractivity contribution >= 4 is 9.84 Å². The summed E-state index contributed by atoms with van der Waals surface area (Å²) in [4.78, 5) is 0. The molecule has 2 unspecified atom stereocenters. The van der Waals surface area contributed by atoms with E-state index >= 15 is 0 Å². The van der Waals surface area contributed by atoms with E-state index in [1.54, 1.807) is 6.92 Å². The molecule has 0 aliphatic rings. The van der Waals surface area contributed by atoms with Crippen LogP contribution >= 0.6 is 0 Å². The summed E-state index contributed by atoms with van der Waals surface area (Å²) in [6, 6.07) is 0.416. The van der Waals surface area contributed by atoms with Gasteiger partial charge >= 0.3 is 0 Å². The number of hydrogen-bond donors (Lipinski definition) is 1. The molecule has 0 aromatic heterocycles. The molecule has 3 nitrogen and oxygen atoms in total. The van der Waals surface area contributed by atoms with Gasteiger partial charge in [-0.25, -0.2) is 8.42 Å². The number of rotatable bonds is 9. The molecule has 0 aliphatic heterocycles. The van der Waals surface area contributed by atoms with Gasteiger partial charge in [0.2, 0.25) is 0 Å². The van der Waals surface area contributed by atoms with Crippen molar-refractivity contribution in [2.75, 3.05) is 11.5 Å². The fourth-order valence-corrected chi connectivity index (χ4v) is 2.77. The Hall–Kier alpha value is -0.350. The fourth-order valence-electron chi connectivity index (χ4n) is 1.67. The number of nitrogens with one attached hydrogen (secondary N) is 1. The summed E-state index contributed by atoms with van der Waals surface area (Å²) >= 11 is 0. The summed E-state index contributed by atoms with van der Waals surface area (Å²) in [6.07, 6.45) is 4.91. The molecule has 0 saturated carbocycles. The minimum atomic E-state index is -2.88. The van der Waals surface area contributed by atoms with Gasteiger partial charge in [-0.05, 0) is 26.2 Å². The maximum atomic E-state index is 11.4. The first kappa shape index (κ1) is 15.7. The zero-order valence-corrected chi connectivity index (χ0v) is 11.5. The third-order valence-corrected chi connectivity index (χ3v) is 4.56. The molecule has 0 aliphatic carbocycles. The molecule has 0 saturated heterocycles. The van der Waals surface area contributed by atoms with Gasteiger partial charge in [-0.2, -0.15) is 0 Å². The van der Waals surface area contributed by atoms with Crippen molar-refractivity contribution < 1.29 is 8.42 Å². The van der Waals surface area contributed by atoms with E-state index in [-0.39, 0.29) is 17.5 Å². The lowest BCUT2D eigenvalue weighted by molar-refractivity contribution is 0.430. The summed E-state index contributed by atoms with van der Waals surface area (Å²) in [6.45, 7) is 9.43. The average Bonchev–Trinajstić information content (AvgIpc) is 2.23. The van der Waals surface area contributed by atoms with Crippen molar-refractivity contribution in [3.63, 3.8) is 0 Å². The van der Waals surface area contributed by atoms with Gasteiger partial charge in [-0.1, -0.05) is 19.9 Å². The maximum absolute atomic E-state index is 11.4. The highest BCUT2D eigenvalue weighted by atomic mass is 32.2. The van der Waals surface area contributed by atoms with Gasteiger partial charge < -0.3 is 5.32 Å². The summed E-state index contributed by atoms with van der Waals surface area (Å²) in [7, 11) is -2.88. The van der Waals surface area contributed by atoms with Gasteiger partial charge in [0.05, 0.1) is 5.75 Å². The first-order valence-electron chi connectivity index (χ1n) is 6.02. The van der Waals surface area contributed by atoms with E-state index < -0.39 is 9.84 Å². The van der Waals surface area contributed by atoms with E-state index in [0.717, 1.165) is 19.3 Å². The molecule has 0 radical (unpaired) electrons. The minimum Gasteiger partial charge on any atom is -0.310 e. The fraction of sp³-hybridized carbons (Fsp3) is 0.833. The normalized spacial score (nSPS) is 15.7. The van der Waals surface area contributed by atoms with Crippen LogP contribution in [0.2, 0.25) is 0 Å². The lowest BCUT2D eigenvalue weighted by Gasteiger charge is -2.21. The molecule has 0 rings (SSSR count). The Morgan fingerprint density at radius 3 is 2.44 bits per heavy atom. The van der Waals surface area contributed by atoms with Crippen LogP contribution in [-0.4, -0.2) is 32.0 Å². The van der Waals surface area contributed by atoms with Crippen LogP contribution in [0.25, 0.3) is 0 Å². The van der Waals surface area contributed by atoms with Crippen molar-refractivity contribution in [1.82, 2.24) is 5.32 Å². The molecule has 0 bridgehead atoms. The summed E-state index contributed by atoms with van der Waals surface area (Å²) < 4.78 is 22.9. The molecular weight excluding hydrogens is 222 g/mol. The van der Waals surface area contributed by atoms with Gasteiger partial charge in [0.1, 0.15) is 0 Å². The van der Waals surface area contributed by atoms with Crippen LogP contribution in [0.3, 0.4) is 0 Å². The molecule has 4 heteroatoms. The first-order chi connectivity index (χ1) is 7.45. The topological polar surface area (TPSA) is 46.2 Å². The van der Waals surface area contributed by atoms with Crippen molar-refractivity contribution in [2.45, 2.75) is 52.1 Å². The Morgan fingerprint density at radius 2 is 2.00 bits per heavy atom. The van der Waals surface area contributed by atoms with E-state index in [4.69, 9.17) is 0 Å². The SMILES string of the molecule is C=CCCC(CC)NC(C)CS(=O)(=O)CC. The predicted molar refractivity (Wildman–Crippen MR) is 70.4 cm³/mol. The first-order valence-corrected chi connectivity index (χ1v) is 7.84. The highest BCUT2D eigenvalue weighted by molar-refractivity contribution is 7.91. The Morgan fingerprint density at radius 1 is 1.38 bits per heavy atom. The summed E-state index contributed by atoms with van der Waals surface area (Å²) in [5.41, 5.74) is 0. The molecule has 16 heavy (non-hydrogen) atoms. The van der Waals surface area contributed by atoms with Gasteiger partial charge in [-0.3, -0.25) is 0 Å². The Balaban J connectivity index is 4.09. The van der Waals surface area contributed by atoms with Gasteiger partial charge in [0.25, 0.3) is 0 Å². The van der Waals surface area contributed by atoms with Crippen molar-refractivity contribution in [1.29, 1.82) is 0 Å². The highest BCUT2D eigenvalue weighted by Crippen LogP contribution is 2.04. The van der Waals surface area contributed by atoms with Crippen molar-refractivity contribution in [2.24, 2.45) is 0 Å². The average molecular weight is 247 g/mol. The van der Waals surface area contributed by atoms with Crippen LogP contribution in [0.15, 0.2) is 12.7 Å². The largest absolute Gasteiger partial charge is 0.310 e. The quantitative estimate of drug-likeness (QED) is 0.635. The smallest absolute Gasteiger partial charge is 0.151 e. The van der Waals surface area contributed by atoms with Crippen molar-refractivity contribution in [3.05, 3.63) is 12.7 Å². The standard InChI is InChI=1S/C12H25NO2S/c1-5-8-9-12(6-2)13-11(4)10-16(14,15)7-3/h5,11-13H,1,6-10H2,2-4H3. The monoisotopic (exact) mass is 247 g/mol. The molecule has 1 N–H and O–H groups in total. The third-order valence-electron chi connectivity index (χ3n) is 2.68. The minimum absolute atomic E-state index is 0.0275. The van der Waals surface area contributed by atoms with E-state index in [9.17, 15) is 8.42 Å². The Kier molecular flexibility index (Phi) is 7.68. The second-order valence-corrected chi connectivity index (χ2v) is 6.64. The molecule has 0 amide bonds. The Bertz CT molecular complexity index is 285. The van der Waals surface area contributed by atoms with Crippen molar-refractivity contribution in [3.8, 4) is 0 Å². The second-order valence-electron chi connectivity index (χ2n) is 4.24. The number of allylic oxidation sites excluding steroid dienone is 1. The van der Waals surface area contributed by atoms with Gasteiger partial charge in [0.15, 0.2) is 9.84 Å². The Labute approximate surface area is 100 Å². The molecule has 0 fully saturated rings. The highest BCUT2D eigenvalue weighted by Gasteiger charge is 2.16. The van der Waals surface area contributed by atoms with E-state index in [1.165, 1.54) is 0 Å². The van der Waals surface area contributed by atoms with Crippen LogP contribution < -0.4 is 5.32 Å².